The van der Waals surface area contributed by atoms with Crippen LogP contribution in [0.1, 0.15) is 10.9 Å². The van der Waals surface area contributed by atoms with Crippen molar-refractivity contribution in [1.82, 2.24) is 0 Å². The van der Waals surface area contributed by atoms with Gasteiger partial charge in [0.15, 0.2) is 0 Å². The molecule has 4 nitrogen and oxygen atoms in total. The highest BCUT2D eigenvalue weighted by Crippen LogP contribution is 2.40. The average Bonchev–Trinajstić information content (AvgIpc) is 2.73. The zero-order valence-electron chi connectivity index (χ0n) is 8.09. The predicted octanol–water partition coefficient (Wildman–Crippen LogP) is 2.81. The smallest absolute Gasteiger partial charge is 0.259 e. The monoisotopic (exact) mass is 320 g/mol. The average molecular weight is 321 g/mol. The zero-order valence-corrected chi connectivity index (χ0v) is 11.3. The highest BCUT2D eigenvalue weighted by molar-refractivity contribution is 9.10. The van der Waals surface area contributed by atoms with Crippen LogP contribution in [0.5, 0.6) is 0 Å². The summed E-state index contributed by atoms with van der Waals surface area (Å²) in [6, 6.07) is 5.61. The number of nitrogens with zero attached hydrogens (tertiary/aromatic N) is 1. The number of thioether (sulfide) groups is 1. The van der Waals surface area contributed by atoms with Crippen LogP contribution in [-0.2, 0) is 11.3 Å². The molecule has 1 aromatic rings. The van der Waals surface area contributed by atoms with E-state index in [2.05, 4.69) is 25.6 Å². The Morgan fingerprint density at radius 1 is 1.62 bits per heavy atom. The van der Waals surface area contributed by atoms with E-state index in [0.717, 1.165) is 15.8 Å². The van der Waals surface area contributed by atoms with Crippen LogP contribution in [0.2, 0.25) is 0 Å². The van der Waals surface area contributed by atoms with Crippen molar-refractivity contribution in [3.63, 3.8) is 0 Å². The number of nitrogens with one attached hydrogen (secondary N) is 1. The van der Waals surface area contributed by atoms with Gasteiger partial charge in [-0.15, -0.1) is 11.8 Å². The fourth-order valence-electron chi connectivity index (χ4n) is 1.43. The maximum absolute atomic E-state index is 10.8. The molecule has 2 unspecified atom stereocenters. The fourth-order valence-corrected chi connectivity index (χ4v) is 3.34. The number of halogens is 1. The first-order valence-corrected chi connectivity index (χ1v) is 7.42. The number of anilines is 1. The van der Waals surface area contributed by atoms with Crippen molar-refractivity contribution in [3.8, 4) is 0 Å². The van der Waals surface area contributed by atoms with Crippen LogP contribution in [-0.4, -0.2) is 20.7 Å². The van der Waals surface area contributed by atoms with Crippen LogP contribution in [0.4, 0.5) is 5.69 Å². The van der Waals surface area contributed by atoms with Gasteiger partial charge in [0.05, 0.1) is 5.69 Å². The van der Waals surface area contributed by atoms with Crippen molar-refractivity contribution in [2.45, 2.75) is 5.37 Å². The second-order valence-electron chi connectivity index (χ2n) is 3.07. The van der Waals surface area contributed by atoms with Gasteiger partial charge < -0.3 is 0 Å². The van der Waals surface area contributed by atoms with Gasteiger partial charge in [-0.25, -0.2) is 4.21 Å². The molecule has 16 heavy (non-hydrogen) atoms. The SMILES string of the molecule is O=S(O)Nc1c(Br)cccc1C1N=CCS1. The van der Waals surface area contributed by atoms with Gasteiger partial charge in [0.25, 0.3) is 11.3 Å². The molecule has 0 saturated heterocycles. The van der Waals surface area contributed by atoms with Gasteiger partial charge in [-0.2, -0.15) is 0 Å². The molecule has 0 aliphatic carbocycles. The quantitative estimate of drug-likeness (QED) is 0.842. The zero-order chi connectivity index (χ0) is 11.5. The summed E-state index contributed by atoms with van der Waals surface area (Å²) >= 11 is 2.96. The van der Waals surface area contributed by atoms with E-state index in [4.69, 9.17) is 4.55 Å². The van der Waals surface area contributed by atoms with Gasteiger partial charge in [0.2, 0.25) is 0 Å². The summed E-state index contributed by atoms with van der Waals surface area (Å²) in [7, 11) is 0. The Labute approximate surface area is 108 Å². The Balaban J connectivity index is 2.38. The Hall–Kier alpha value is -0.370. The molecule has 0 spiro atoms. The maximum Gasteiger partial charge on any atom is 0.259 e. The van der Waals surface area contributed by atoms with E-state index in [0.29, 0.717) is 5.69 Å². The summed E-state index contributed by atoms with van der Waals surface area (Å²) in [6.45, 7) is 0. The molecule has 1 aliphatic heterocycles. The highest BCUT2D eigenvalue weighted by atomic mass is 79.9. The third kappa shape index (κ3) is 2.65. The van der Waals surface area contributed by atoms with Crippen LogP contribution >= 0.6 is 27.7 Å². The van der Waals surface area contributed by atoms with Crippen molar-refractivity contribution in [2.24, 2.45) is 4.99 Å². The van der Waals surface area contributed by atoms with E-state index >= 15 is 0 Å². The summed E-state index contributed by atoms with van der Waals surface area (Å²) in [4.78, 5) is 4.31. The Morgan fingerprint density at radius 2 is 2.44 bits per heavy atom. The van der Waals surface area contributed by atoms with Crippen LogP contribution in [0.25, 0.3) is 0 Å². The maximum atomic E-state index is 10.8. The van der Waals surface area contributed by atoms with Gasteiger partial charge in [-0.05, 0) is 22.0 Å². The molecule has 0 bridgehead atoms. The molecule has 2 atom stereocenters. The van der Waals surface area contributed by atoms with Crippen LogP contribution < -0.4 is 4.72 Å². The summed E-state index contributed by atoms with van der Waals surface area (Å²) in [5.41, 5.74) is 1.54. The van der Waals surface area contributed by atoms with E-state index in [1.165, 1.54) is 0 Å². The first-order valence-electron chi connectivity index (χ1n) is 4.47. The number of hydrogen-bond acceptors (Lipinski definition) is 3. The van der Waals surface area contributed by atoms with Crippen molar-refractivity contribution in [3.05, 3.63) is 28.2 Å². The number of rotatable bonds is 3. The number of hydrogen-bond donors (Lipinski definition) is 2. The lowest BCUT2D eigenvalue weighted by Gasteiger charge is -2.14. The van der Waals surface area contributed by atoms with Gasteiger partial charge in [-0.3, -0.25) is 14.3 Å². The lowest BCUT2D eigenvalue weighted by atomic mass is 10.2. The molecular weight excluding hydrogens is 312 g/mol. The van der Waals surface area contributed by atoms with Crippen LogP contribution in [0.3, 0.4) is 0 Å². The molecule has 0 fully saturated rings. The van der Waals surface area contributed by atoms with E-state index in [1.54, 1.807) is 11.8 Å². The molecule has 1 aromatic carbocycles. The molecule has 2 N–H and O–H groups in total. The molecule has 0 amide bonds. The lowest BCUT2D eigenvalue weighted by molar-refractivity contribution is 0.570. The Morgan fingerprint density at radius 3 is 3.06 bits per heavy atom. The van der Waals surface area contributed by atoms with E-state index in [-0.39, 0.29) is 5.37 Å². The number of benzene rings is 1. The molecule has 0 aromatic heterocycles. The molecule has 1 heterocycles. The van der Waals surface area contributed by atoms with Crippen molar-refractivity contribution in [1.29, 1.82) is 0 Å². The van der Waals surface area contributed by atoms with Gasteiger partial charge in [0.1, 0.15) is 5.37 Å². The van der Waals surface area contributed by atoms with E-state index in [9.17, 15) is 4.21 Å². The standard InChI is InChI=1S/C9H9BrN2O2S2/c10-7-3-1-2-6(8(7)12-16(13)14)9-11-4-5-15-9/h1-4,9,12H,5H2,(H,13,14). The molecule has 0 saturated carbocycles. The minimum absolute atomic E-state index is 0.00329. The first kappa shape index (κ1) is 12.1. The Kier molecular flexibility index (Phi) is 4.01. The highest BCUT2D eigenvalue weighted by Gasteiger charge is 2.19. The Bertz CT molecular complexity index is 453. The molecule has 0 radical (unpaired) electrons. The molecule has 7 heteroatoms. The minimum Gasteiger partial charge on any atom is -0.289 e. The molecule has 1 aliphatic rings. The molecule has 86 valence electrons. The van der Waals surface area contributed by atoms with Crippen LogP contribution in [0, 0.1) is 0 Å². The van der Waals surface area contributed by atoms with Crippen molar-refractivity contribution < 1.29 is 8.76 Å². The van der Waals surface area contributed by atoms with E-state index < -0.39 is 11.3 Å². The fraction of sp³-hybridized carbons (Fsp3) is 0.222. The van der Waals surface area contributed by atoms with Crippen LogP contribution in [0.15, 0.2) is 27.7 Å². The van der Waals surface area contributed by atoms with Gasteiger partial charge in [-0.1, -0.05) is 12.1 Å². The minimum atomic E-state index is -2.08. The topological polar surface area (TPSA) is 61.7 Å². The van der Waals surface area contributed by atoms with E-state index in [1.807, 2.05) is 24.4 Å². The summed E-state index contributed by atoms with van der Waals surface area (Å²) in [6.07, 6.45) is 1.86. The summed E-state index contributed by atoms with van der Waals surface area (Å²) in [5.74, 6) is 0.874. The number of para-hydroxylation sites is 1. The second kappa shape index (κ2) is 5.31. The second-order valence-corrected chi connectivity index (χ2v) is 5.74. The summed E-state index contributed by atoms with van der Waals surface area (Å²) < 4.78 is 23.0. The summed E-state index contributed by atoms with van der Waals surface area (Å²) in [5, 5.41) is 0.00329. The van der Waals surface area contributed by atoms with Crippen molar-refractivity contribution in [2.75, 3.05) is 10.5 Å². The predicted molar refractivity (Wildman–Crippen MR) is 72.2 cm³/mol. The third-order valence-electron chi connectivity index (χ3n) is 2.07. The first-order chi connectivity index (χ1) is 7.68. The number of aliphatic imine (C=N–C) groups is 1. The molecule has 2 rings (SSSR count). The molecular formula is C9H9BrN2O2S2. The van der Waals surface area contributed by atoms with Crippen molar-refractivity contribution >= 4 is 50.9 Å². The van der Waals surface area contributed by atoms with Gasteiger partial charge >= 0.3 is 0 Å². The normalized spacial score (nSPS) is 21.0. The lowest BCUT2D eigenvalue weighted by Crippen LogP contribution is -2.06. The largest absolute Gasteiger partial charge is 0.289 e. The third-order valence-corrected chi connectivity index (χ3v) is 4.14. The van der Waals surface area contributed by atoms with Gasteiger partial charge in [0, 0.05) is 22.0 Å².